The first-order valence-electron chi connectivity index (χ1n) is 11.1. The fourth-order valence-corrected chi connectivity index (χ4v) is 4.28. The van der Waals surface area contributed by atoms with Crippen LogP contribution in [-0.4, -0.2) is 63.8 Å². The molecule has 2 heterocycles. The van der Waals surface area contributed by atoms with Crippen molar-refractivity contribution in [3.8, 4) is 5.75 Å². The molecule has 0 aliphatic carbocycles. The van der Waals surface area contributed by atoms with E-state index in [4.69, 9.17) is 9.47 Å². The molecule has 8 nitrogen and oxygen atoms in total. The van der Waals surface area contributed by atoms with E-state index in [2.05, 4.69) is 32.6 Å². The van der Waals surface area contributed by atoms with Gasteiger partial charge in [-0.15, -0.1) is 0 Å². The Morgan fingerprint density at radius 2 is 1.67 bits per heavy atom. The summed E-state index contributed by atoms with van der Waals surface area (Å²) in [4.78, 5) is 29.8. The number of carbonyl (C=O) groups excluding carboxylic acids is 2. The van der Waals surface area contributed by atoms with Gasteiger partial charge in [-0.1, -0.05) is 29.8 Å². The second kappa shape index (κ2) is 9.95. The number of rotatable bonds is 6. The third kappa shape index (κ3) is 5.12. The molecule has 0 saturated carbocycles. The maximum Gasteiger partial charge on any atom is 0.338 e. The maximum absolute atomic E-state index is 12.8. The lowest BCUT2D eigenvalue weighted by Gasteiger charge is -2.38. The number of piperazine rings is 1. The highest BCUT2D eigenvalue weighted by atomic mass is 16.5. The van der Waals surface area contributed by atoms with Crippen molar-refractivity contribution in [2.24, 2.45) is 0 Å². The van der Waals surface area contributed by atoms with Crippen molar-refractivity contribution in [1.82, 2.24) is 15.5 Å². The van der Waals surface area contributed by atoms with Crippen LogP contribution in [0, 0.1) is 6.92 Å². The van der Waals surface area contributed by atoms with E-state index < -0.39 is 12.0 Å². The lowest BCUT2D eigenvalue weighted by Crippen LogP contribution is -2.51. The van der Waals surface area contributed by atoms with Crippen LogP contribution >= 0.6 is 0 Å². The Kier molecular flexibility index (Phi) is 6.84. The van der Waals surface area contributed by atoms with Crippen molar-refractivity contribution in [2.75, 3.05) is 51.8 Å². The first-order valence-corrected chi connectivity index (χ1v) is 11.1. The molecule has 0 bridgehead atoms. The molecule has 2 amide bonds. The number of ether oxygens (including phenoxy) is 2. The van der Waals surface area contributed by atoms with Crippen molar-refractivity contribution < 1.29 is 19.1 Å². The van der Waals surface area contributed by atoms with E-state index in [1.54, 1.807) is 7.11 Å². The Labute approximate surface area is 194 Å². The molecule has 0 unspecified atom stereocenters. The minimum Gasteiger partial charge on any atom is -0.497 e. The molecule has 2 aromatic rings. The summed E-state index contributed by atoms with van der Waals surface area (Å²) >= 11 is 0. The van der Waals surface area contributed by atoms with Crippen LogP contribution in [0.5, 0.6) is 5.75 Å². The summed E-state index contributed by atoms with van der Waals surface area (Å²) in [5.74, 6) is 0.393. The number of urea groups is 1. The van der Waals surface area contributed by atoms with Gasteiger partial charge < -0.3 is 25.0 Å². The number of hydrogen-bond acceptors (Lipinski definition) is 6. The van der Waals surface area contributed by atoms with Crippen LogP contribution in [-0.2, 0) is 9.53 Å². The number of aryl methyl sites for hydroxylation is 1. The molecule has 8 heteroatoms. The minimum absolute atomic E-state index is 0.319. The van der Waals surface area contributed by atoms with Crippen LogP contribution < -0.4 is 20.3 Å². The zero-order valence-electron chi connectivity index (χ0n) is 19.3. The molecular weight excluding hydrogens is 420 g/mol. The van der Waals surface area contributed by atoms with E-state index in [0.29, 0.717) is 17.8 Å². The second-order valence-corrected chi connectivity index (χ2v) is 8.29. The van der Waals surface area contributed by atoms with Crippen LogP contribution in [0.1, 0.15) is 17.2 Å². The lowest BCUT2D eigenvalue weighted by molar-refractivity contribution is -0.136. The molecule has 4 rings (SSSR count). The molecule has 0 aromatic heterocycles. The number of nitrogens with zero attached hydrogens (tertiary/aromatic N) is 2. The number of methoxy groups -OCH3 is 2. The smallest absolute Gasteiger partial charge is 0.338 e. The van der Waals surface area contributed by atoms with Gasteiger partial charge in [0.2, 0.25) is 0 Å². The molecule has 2 aliphatic rings. The van der Waals surface area contributed by atoms with E-state index in [9.17, 15) is 9.59 Å². The molecule has 1 saturated heterocycles. The van der Waals surface area contributed by atoms with Crippen LogP contribution in [0.2, 0.25) is 0 Å². The minimum atomic E-state index is -0.553. The highest BCUT2D eigenvalue weighted by Crippen LogP contribution is 2.29. The van der Waals surface area contributed by atoms with Crippen molar-refractivity contribution in [3.63, 3.8) is 0 Å². The first kappa shape index (κ1) is 22.7. The monoisotopic (exact) mass is 450 g/mol. The number of anilines is 1. The fourth-order valence-electron chi connectivity index (χ4n) is 4.28. The normalized spacial score (nSPS) is 19.1. The number of carbonyl (C=O) groups is 2. The summed E-state index contributed by atoms with van der Waals surface area (Å²) in [6.45, 7) is 5.78. The Morgan fingerprint density at radius 3 is 2.27 bits per heavy atom. The summed E-state index contributed by atoms with van der Waals surface area (Å²) in [5, 5.41) is 5.73. The molecule has 2 aromatic carbocycles. The second-order valence-electron chi connectivity index (χ2n) is 8.29. The fraction of sp³-hybridized carbons (Fsp3) is 0.360. The van der Waals surface area contributed by atoms with Gasteiger partial charge in [0.25, 0.3) is 0 Å². The molecule has 1 fully saturated rings. The summed E-state index contributed by atoms with van der Waals surface area (Å²) in [6.07, 6.45) is 0. The Morgan fingerprint density at radius 1 is 1.00 bits per heavy atom. The topological polar surface area (TPSA) is 83.1 Å². The van der Waals surface area contributed by atoms with Gasteiger partial charge in [-0.25, -0.2) is 9.59 Å². The summed E-state index contributed by atoms with van der Waals surface area (Å²) in [7, 11) is 3.03. The number of benzene rings is 2. The van der Waals surface area contributed by atoms with Gasteiger partial charge in [0.15, 0.2) is 0 Å². The van der Waals surface area contributed by atoms with E-state index in [1.807, 2.05) is 43.3 Å². The predicted molar refractivity (Wildman–Crippen MR) is 126 cm³/mol. The Bertz CT molecular complexity index is 1030. The van der Waals surface area contributed by atoms with Crippen molar-refractivity contribution in [1.29, 1.82) is 0 Å². The maximum atomic E-state index is 12.8. The molecule has 2 N–H and O–H groups in total. The summed E-state index contributed by atoms with van der Waals surface area (Å²) in [5.41, 5.74) is 4.14. The molecular formula is C25H30N4O4. The Hall–Kier alpha value is -3.52. The standard InChI is InChI=1S/C25H30N4O4/c1-17-4-6-18(7-5-17)23-22(24(30)33-3)21(26-25(31)27-23)16-28-12-14-29(15-13-28)19-8-10-20(32-2)11-9-19/h4-11,23H,12-16H2,1-3H3,(H2,26,27,31)/t23-/m1/s1. The number of hydrogen-bond donors (Lipinski definition) is 2. The molecule has 174 valence electrons. The molecule has 1 atom stereocenters. The van der Waals surface area contributed by atoms with E-state index >= 15 is 0 Å². The van der Waals surface area contributed by atoms with Crippen molar-refractivity contribution in [3.05, 3.63) is 70.9 Å². The van der Waals surface area contributed by atoms with Gasteiger partial charge in [0.05, 0.1) is 25.8 Å². The van der Waals surface area contributed by atoms with Gasteiger partial charge in [0, 0.05) is 44.1 Å². The van der Waals surface area contributed by atoms with Gasteiger partial charge in [-0.05, 0) is 36.8 Å². The van der Waals surface area contributed by atoms with Crippen LogP contribution in [0.4, 0.5) is 10.5 Å². The van der Waals surface area contributed by atoms with Crippen molar-refractivity contribution in [2.45, 2.75) is 13.0 Å². The lowest BCUT2D eigenvalue weighted by atomic mass is 9.94. The highest BCUT2D eigenvalue weighted by molar-refractivity contribution is 5.95. The third-order valence-corrected chi connectivity index (χ3v) is 6.16. The summed E-state index contributed by atoms with van der Waals surface area (Å²) in [6, 6.07) is 15.0. The van der Waals surface area contributed by atoms with Crippen LogP contribution in [0.25, 0.3) is 0 Å². The predicted octanol–water partition coefficient (Wildman–Crippen LogP) is 2.61. The molecule has 0 radical (unpaired) electrons. The van der Waals surface area contributed by atoms with Crippen molar-refractivity contribution >= 4 is 17.7 Å². The molecule has 33 heavy (non-hydrogen) atoms. The zero-order chi connectivity index (χ0) is 23.4. The van der Waals surface area contributed by atoms with E-state index in [1.165, 1.54) is 7.11 Å². The average molecular weight is 451 g/mol. The highest BCUT2D eigenvalue weighted by Gasteiger charge is 2.34. The van der Waals surface area contributed by atoms with Gasteiger partial charge in [-0.2, -0.15) is 0 Å². The van der Waals surface area contributed by atoms with E-state index in [-0.39, 0.29) is 6.03 Å². The van der Waals surface area contributed by atoms with E-state index in [0.717, 1.165) is 48.7 Å². The molecule has 0 spiro atoms. The quantitative estimate of drug-likeness (QED) is 0.659. The summed E-state index contributed by atoms with van der Waals surface area (Å²) < 4.78 is 10.3. The molecule has 2 aliphatic heterocycles. The Balaban J connectivity index is 1.51. The first-order chi connectivity index (χ1) is 16.0. The van der Waals surface area contributed by atoms with Crippen LogP contribution in [0.15, 0.2) is 59.8 Å². The number of nitrogens with one attached hydrogen (secondary N) is 2. The number of esters is 1. The zero-order valence-corrected chi connectivity index (χ0v) is 19.3. The third-order valence-electron chi connectivity index (χ3n) is 6.16. The van der Waals surface area contributed by atoms with Crippen LogP contribution in [0.3, 0.4) is 0 Å². The van der Waals surface area contributed by atoms with Gasteiger partial charge >= 0.3 is 12.0 Å². The number of amides is 2. The SMILES string of the molecule is COC(=O)C1=C(CN2CCN(c3ccc(OC)cc3)CC2)NC(=O)N[C@@H]1c1ccc(C)cc1. The average Bonchev–Trinajstić information content (AvgIpc) is 2.84. The van der Waals surface area contributed by atoms with Gasteiger partial charge in [0.1, 0.15) is 5.75 Å². The van der Waals surface area contributed by atoms with Gasteiger partial charge in [-0.3, -0.25) is 4.90 Å². The largest absolute Gasteiger partial charge is 0.497 e.